The third kappa shape index (κ3) is 16.0. The molecule has 16 heteroatoms. The lowest BCUT2D eigenvalue weighted by Crippen LogP contribution is -2.61. The first-order valence-electron chi connectivity index (χ1n) is 21.7. The standard InChI is InChI=1S/C48H64N6O10/c1-8-29(5)40(45(60)52-37(48(63)64)26-32-19-13-10-14-20-32)54-46(61)41(30(6)9-2)53-44(59)36(27-38(56)57)50-43(58)35(25-28(3)4)51-47(62)42(49-31(7)55)39(33-21-15-11-16-22-33)34-23-17-12-18-24-34/h10-24,28-30,35-37,39-42H,8-9,25-27H2,1-7H3,(H,49,55)(H,50,58)(H,51,62)(H,52,60)(H,53,59)(H,54,61)(H,56,57)(H,63,64)/t29-,30-,35-,36-,37-,40-,41-,42+/m0/s1. The average Bonchev–Trinajstić information content (AvgIpc) is 3.26. The molecule has 0 saturated carbocycles. The van der Waals surface area contributed by atoms with Gasteiger partial charge in [0, 0.05) is 19.3 Å². The number of rotatable bonds is 25. The van der Waals surface area contributed by atoms with Gasteiger partial charge in [-0.15, -0.1) is 0 Å². The quantitative estimate of drug-likeness (QED) is 0.0613. The maximum Gasteiger partial charge on any atom is 0.326 e. The van der Waals surface area contributed by atoms with Gasteiger partial charge in [-0.2, -0.15) is 0 Å². The topological polar surface area (TPSA) is 249 Å². The number of benzene rings is 3. The molecule has 8 N–H and O–H groups in total. The molecule has 3 aromatic carbocycles. The lowest BCUT2D eigenvalue weighted by molar-refractivity contribution is -0.142. The smallest absolute Gasteiger partial charge is 0.326 e. The van der Waals surface area contributed by atoms with Crippen molar-refractivity contribution in [2.45, 2.75) is 123 Å². The van der Waals surface area contributed by atoms with Crippen LogP contribution in [0.5, 0.6) is 0 Å². The van der Waals surface area contributed by atoms with Crippen molar-refractivity contribution in [1.82, 2.24) is 31.9 Å². The molecule has 6 amide bonds. The molecule has 0 heterocycles. The summed E-state index contributed by atoms with van der Waals surface area (Å²) in [6.45, 7) is 11.8. The number of aliphatic carboxylic acids is 2. The molecule has 3 aromatic rings. The van der Waals surface area contributed by atoms with Crippen molar-refractivity contribution in [2.24, 2.45) is 17.8 Å². The van der Waals surface area contributed by atoms with E-state index in [0.29, 0.717) is 29.5 Å². The van der Waals surface area contributed by atoms with Crippen LogP contribution < -0.4 is 31.9 Å². The van der Waals surface area contributed by atoms with Crippen LogP contribution in [0, 0.1) is 17.8 Å². The van der Waals surface area contributed by atoms with Crippen LogP contribution in [0.25, 0.3) is 0 Å². The van der Waals surface area contributed by atoms with Crippen molar-refractivity contribution < 1.29 is 48.6 Å². The van der Waals surface area contributed by atoms with Crippen molar-refractivity contribution in [3.63, 3.8) is 0 Å². The summed E-state index contributed by atoms with van der Waals surface area (Å²) in [5, 5.41) is 35.6. The zero-order valence-electron chi connectivity index (χ0n) is 37.6. The van der Waals surface area contributed by atoms with Crippen LogP contribution in [-0.4, -0.2) is 93.8 Å². The molecule has 0 aliphatic carbocycles. The molecule has 0 unspecified atom stereocenters. The van der Waals surface area contributed by atoms with E-state index in [4.69, 9.17) is 0 Å². The van der Waals surface area contributed by atoms with E-state index in [0.717, 1.165) is 0 Å². The monoisotopic (exact) mass is 884 g/mol. The Labute approximate surface area is 375 Å². The molecule has 3 rings (SSSR count). The lowest BCUT2D eigenvalue weighted by Gasteiger charge is -2.31. The van der Waals surface area contributed by atoms with E-state index in [9.17, 15) is 48.6 Å². The SMILES string of the molecule is CC[C@H](C)[C@H](NC(=O)[C@H](CC(=O)O)NC(=O)[C@H](CC(C)C)NC(=O)[C@H](NC(C)=O)C(c1ccccc1)c1ccccc1)C(=O)N[C@H](C(=O)N[C@@H](Cc1ccccc1)C(=O)O)[C@@H](C)CC. The minimum Gasteiger partial charge on any atom is -0.481 e. The minimum absolute atomic E-state index is 0.00912. The first-order chi connectivity index (χ1) is 30.4. The first-order valence-corrected chi connectivity index (χ1v) is 21.7. The highest BCUT2D eigenvalue weighted by Gasteiger charge is 2.38. The highest BCUT2D eigenvalue weighted by atomic mass is 16.4. The van der Waals surface area contributed by atoms with Gasteiger partial charge in [0.15, 0.2) is 0 Å². The van der Waals surface area contributed by atoms with Crippen LogP contribution in [0.4, 0.5) is 0 Å². The number of amides is 6. The summed E-state index contributed by atoms with van der Waals surface area (Å²) in [7, 11) is 0. The lowest BCUT2D eigenvalue weighted by atomic mass is 9.84. The van der Waals surface area contributed by atoms with Crippen LogP contribution >= 0.6 is 0 Å². The predicted octanol–water partition coefficient (Wildman–Crippen LogP) is 3.69. The molecule has 0 aliphatic rings. The third-order valence-electron chi connectivity index (χ3n) is 11.1. The van der Waals surface area contributed by atoms with E-state index < -0.39 is 108 Å². The fourth-order valence-electron chi connectivity index (χ4n) is 7.25. The van der Waals surface area contributed by atoms with Crippen LogP contribution in [0.2, 0.25) is 0 Å². The van der Waals surface area contributed by atoms with Gasteiger partial charge < -0.3 is 42.1 Å². The van der Waals surface area contributed by atoms with Gasteiger partial charge in [-0.1, -0.05) is 145 Å². The van der Waals surface area contributed by atoms with Crippen molar-refractivity contribution >= 4 is 47.4 Å². The van der Waals surface area contributed by atoms with Gasteiger partial charge in [0.25, 0.3) is 0 Å². The summed E-state index contributed by atoms with van der Waals surface area (Å²) >= 11 is 0. The second-order valence-electron chi connectivity index (χ2n) is 16.7. The molecule has 0 radical (unpaired) electrons. The van der Waals surface area contributed by atoms with E-state index in [-0.39, 0.29) is 18.8 Å². The summed E-state index contributed by atoms with van der Waals surface area (Å²) in [6.07, 6.45) is -0.0511. The summed E-state index contributed by atoms with van der Waals surface area (Å²) in [6, 6.07) is 18.8. The second kappa shape index (κ2) is 25.5. The molecule has 346 valence electrons. The Morgan fingerprint density at radius 1 is 0.500 bits per heavy atom. The Bertz CT molecular complexity index is 1990. The number of hydrogen-bond donors (Lipinski definition) is 8. The van der Waals surface area contributed by atoms with Crippen molar-refractivity contribution in [1.29, 1.82) is 0 Å². The van der Waals surface area contributed by atoms with Gasteiger partial charge >= 0.3 is 11.9 Å². The number of carbonyl (C=O) groups excluding carboxylic acids is 6. The van der Waals surface area contributed by atoms with E-state index >= 15 is 0 Å². The first kappa shape index (κ1) is 51.8. The summed E-state index contributed by atoms with van der Waals surface area (Å²) in [5.41, 5.74) is 2.11. The second-order valence-corrected chi connectivity index (χ2v) is 16.7. The largest absolute Gasteiger partial charge is 0.481 e. The molecule has 64 heavy (non-hydrogen) atoms. The highest BCUT2D eigenvalue weighted by molar-refractivity contribution is 5.98. The van der Waals surface area contributed by atoms with Gasteiger partial charge in [0.05, 0.1) is 6.42 Å². The van der Waals surface area contributed by atoms with Crippen molar-refractivity contribution in [3.05, 3.63) is 108 Å². The zero-order chi connectivity index (χ0) is 47.5. The number of carboxylic acids is 2. The number of carboxylic acid groups (broad SMARTS) is 2. The number of carbonyl (C=O) groups is 8. The third-order valence-corrected chi connectivity index (χ3v) is 11.1. The molecule has 0 aromatic heterocycles. The molecular weight excluding hydrogens is 821 g/mol. The molecule has 8 atom stereocenters. The van der Waals surface area contributed by atoms with E-state index in [1.165, 1.54) is 6.92 Å². The number of nitrogens with one attached hydrogen (secondary N) is 6. The molecule has 0 saturated heterocycles. The zero-order valence-corrected chi connectivity index (χ0v) is 37.6. The Morgan fingerprint density at radius 3 is 1.34 bits per heavy atom. The molecule has 0 bridgehead atoms. The Kier molecular flexibility index (Phi) is 20.6. The molecule has 0 spiro atoms. The van der Waals surface area contributed by atoms with Gasteiger partial charge in [-0.05, 0) is 40.9 Å². The summed E-state index contributed by atoms with van der Waals surface area (Å²) < 4.78 is 0. The van der Waals surface area contributed by atoms with Crippen LogP contribution in [-0.2, 0) is 44.8 Å². The highest BCUT2D eigenvalue weighted by Crippen LogP contribution is 2.29. The fraction of sp³-hybridized carbons (Fsp3) is 0.458. The van der Waals surface area contributed by atoms with E-state index in [1.54, 1.807) is 82.3 Å². The Balaban J connectivity index is 1.89. The van der Waals surface area contributed by atoms with Crippen LogP contribution in [0.1, 0.15) is 96.8 Å². The molecule has 0 aliphatic heterocycles. The predicted molar refractivity (Wildman–Crippen MR) is 240 cm³/mol. The van der Waals surface area contributed by atoms with Crippen molar-refractivity contribution in [3.8, 4) is 0 Å². The maximum absolute atomic E-state index is 14.3. The van der Waals surface area contributed by atoms with Crippen LogP contribution in [0.15, 0.2) is 91.0 Å². The van der Waals surface area contributed by atoms with E-state index in [1.807, 2.05) is 50.2 Å². The normalized spacial score (nSPS) is 14.9. The van der Waals surface area contributed by atoms with Gasteiger partial charge in [-0.3, -0.25) is 33.6 Å². The molecule has 16 nitrogen and oxygen atoms in total. The minimum atomic E-state index is -1.72. The average molecular weight is 885 g/mol. The summed E-state index contributed by atoms with van der Waals surface area (Å²) in [5.74, 6) is -9.20. The molecule has 0 fully saturated rings. The maximum atomic E-state index is 14.3. The fourth-order valence-corrected chi connectivity index (χ4v) is 7.25. The van der Waals surface area contributed by atoms with Crippen molar-refractivity contribution in [2.75, 3.05) is 0 Å². The molecular formula is C48H64N6O10. The number of hydrogen-bond acceptors (Lipinski definition) is 8. The Hall–Kier alpha value is -6.58. The Morgan fingerprint density at radius 2 is 0.906 bits per heavy atom. The van der Waals surface area contributed by atoms with Crippen LogP contribution in [0.3, 0.4) is 0 Å². The summed E-state index contributed by atoms with van der Waals surface area (Å²) in [4.78, 5) is 107. The van der Waals surface area contributed by atoms with Gasteiger partial charge in [0.1, 0.15) is 36.3 Å². The van der Waals surface area contributed by atoms with Gasteiger partial charge in [0.2, 0.25) is 35.4 Å². The van der Waals surface area contributed by atoms with Gasteiger partial charge in [-0.25, -0.2) is 4.79 Å². The van der Waals surface area contributed by atoms with E-state index in [2.05, 4.69) is 31.9 Å².